The zero-order valence-electron chi connectivity index (χ0n) is 3.48. The maximum atomic E-state index is 4.85. The Morgan fingerprint density at radius 3 is 2.83 bits per heavy atom. The van der Waals surface area contributed by atoms with Crippen LogP contribution in [0.5, 0.6) is 0 Å². The van der Waals surface area contributed by atoms with E-state index in [1.165, 1.54) is 0 Å². The summed E-state index contributed by atoms with van der Waals surface area (Å²) in [7, 11) is 0. The van der Waals surface area contributed by atoms with E-state index >= 15 is 0 Å². The first-order chi connectivity index (χ1) is 2.89. The van der Waals surface area contributed by atoms with Crippen molar-refractivity contribution in [1.29, 1.82) is 0 Å². The molecular formula is C5H6O. The fraction of sp³-hybridized carbons (Fsp3) is 0.200. The minimum Gasteiger partial charge on any atom is -0.490 e. The molecular weight excluding hydrogens is 76.1 g/mol. The summed E-state index contributed by atoms with van der Waals surface area (Å²) >= 11 is 0. The van der Waals surface area contributed by atoms with Crippen molar-refractivity contribution in [3.8, 4) is 0 Å². The fourth-order valence-corrected chi connectivity index (χ4v) is 0.383. The Hall–Kier alpha value is -0.720. The molecule has 32 valence electrons. The molecule has 1 aliphatic rings. The topological polar surface area (TPSA) is 9.23 Å². The third-order valence-corrected chi connectivity index (χ3v) is 0.669. The van der Waals surface area contributed by atoms with Gasteiger partial charge in [-0.2, -0.15) is 0 Å². The van der Waals surface area contributed by atoms with Crippen LogP contribution < -0.4 is 0 Å². The van der Waals surface area contributed by atoms with E-state index in [1.807, 2.05) is 12.2 Å². The van der Waals surface area contributed by atoms with E-state index in [0.717, 1.165) is 5.76 Å². The van der Waals surface area contributed by atoms with Crippen molar-refractivity contribution < 1.29 is 4.74 Å². The molecule has 0 amide bonds. The molecule has 0 aromatic rings. The van der Waals surface area contributed by atoms with E-state index < -0.39 is 0 Å². The lowest BCUT2D eigenvalue weighted by molar-refractivity contribution is 0.280. The van der Waals surface area contributed by atoms with Gasteiger partial charge in [-0.05, 0) is 12.2 Å². The number of hydrogen-bond acceptors (Lipinski definition) is 1. The Balaban J connectivity index is 2.59. The molecule has 1 rings (SSSR count). The first-order valence-corrected chi connectivity index (χ1v) is 1.88. The van der Waals surface area contributed by atoms with E-state index in [9.17, 15) is 0 Å². The SMILES string of the molecule is C=C1C=CCO1. The Kier molecular flexibility index (Phi) is 0.675. The lowest BCUT2D eigenvalue weighted by Crippen LogP contribution is -1.74. The molecule has 6 heavy (non-hydrogen) atoms. The Morgan fingerprint density at radius 1 is 1.83 bits per heavy atom. The van der Waals surface area contributed by atoms with Gasteiger partial charge in [-0.3, -0.25) is 0 Å². The monoisotopic (exact) mass is 82.0 g/mol. The van der Waals surface area contributed by atoms with Crippen LogP contribution in [0.4, 0.5) is 0 Å². The van der Waals surface area contributed by atoms with Crippen molar-refractivity contribution in [2.45, 2.75) is 0 Å². The van der Waals surface area contributed by atoms with Crippen LogP contribution in [0.25, 0.3) is 0 Å². The number of rotatable bonds is 0. The molecule has 0 radical (unpaired) electrons. The van der Waals surface area contributed by atoms with Crippen molar-refractivity contribution >= 4 is 0 Å². The number of ether oxygens (including phenoxy) is 1. The van der Waals surface area contributed by atoms with Crippen LogP contribution in [0.2, 0.25) is 0 Å². The van der Waals surface area contributed by atoms with Crippen LogP contribution in [-0.4, -0.2) is 6.61 Å². The van der Waals surface area contributed by atoms with Gasteiger partial charge in [-0.15, -0.1) is 0 Å². The summed E-state index contributed by atoms with van der Waals surface area (Å²) in [6.07, 6.45) is 3.79. The summed E-state index contributed by atoms with van der Waals surface area (Å²) in [5.74, 6) is 0.773. The Labute approximate surface area is 36.9 Å². The molecule has 0 saturated heterocycles. The molecule has 1 aliphatic heterocycles. The second kappa shape index (κ2) is 1.17. The van der Waals surface area contributed by atoms with Gasteiger partial charge in [0.25, 0.3) is 0 Å². The van der Waals surface area contributed by atoms with Crippen molar-refractivity contribution in [3.05, 3.63) is 24.5 Å². The van der Waals surface area contributed by atoms with Gasteiger partial charge >= 0.3 is 0 Å². The highest BCUT2D eigenvalue weighted by Crippen LogP contribution is 2.01. The Bertz CT molecular complexity index is 92.1. The van der Waals surface area contributed by atoms with Gasteiger partial charge in [0.05, 0.1) is 0 Å². The van der Waals surface area contributed by atoms with Crippen molar-refractivity contribution in [1.82, 2.24) is 0 Å². The second-order valence-electron chi connectivity index (χ2n) is 1.18. The number of hydrogen-bond donors (Lipinski definition) is 0. The summed E-state index contributed by atoms with van der Waals surface area (Å²) < 4.78 is 4.85. The number of allylic oxidation sites excluding steroid dienone is 1. The minimum atomic E-state index is 0.707. The molecule has 0 fully saturated rings. The zero-order chi connectivity index (χ0) is 4.41. The van der Waals surface area contributed by atoms with Gasteiger partial charge in [-0.1, -0.05) is 6.58 Å². The van der Waals surface area contributed by atoms with Crippen molar-refractivity contribution in [3.63, 3.8) is 0 Å². The largest absolute Gasteiger partial charge is 0.490 e. The molecule has 0 saturated carbocycles. The summed E-state index contributed by atoms with van der Waals surface area (Å²) in [5.41, 5.74) is 0. The molecule has 0 spiro atoms. The average molecular weight is 82.1 g/mol. The van der Waals surface area contributed by atoms with Crippen LogP contribution in [0, 0.1) is 0 Å². The lowest BCUT2D eigenvalue weighted by Gasteiger charge is -1.88. The predicted octanol–water partition coefficient (Wildman–Crippen LogP) is 1.09. The first-order valence-electron chi connectivity index (χ1n) is 1.88. The van der Waals surface area contributed by atoms with Crippen LogP contribution in [0.15, 0.2) is 24.5 Å². The third kappa shape index (κ3) is 0.432. The molecule has 0 aliphatic carbocycles. The lowest BCUT2D eigenvalue weighted by atomic mass is 10.5. The van der Waals surface area contributed by atoms with Crippen LogP contribution in [-0.2, 0) is 4.74 Å². The van der Waals surface area contributed by atoms with E-state index in [2.05, 4.69) is 6.58 Å². The van der Waals surface area contributed by atoms with E-state index in [0.29, 0.717) is 6.61 Å². The highest BCUT2D eigenvalue weighted by Gasteiger charge is 1.90. The third-order valence-electron chi connectivity index (χ3n) is 0.669. The fourth-order valence-electron chi connectivity index (χ4n) is 0.383. The molecule has 1 heterocycles. The Morgan fingerprint density at radius 2 is 2.67 bits per heavy atom. The van der Waals surface area contributed by atoms with Gasteiger partial charge in [0.2, 0.25) is 0 Å². The molecule has 0 bridgehead atoms. The molecule has 0 aromatic heterocycles. The van der Waals surface area contributed by atoms with E-state index in [1.54, 1.807) is 0 Å². The van der Waals surface area contributed by atoms with Gasteiger partial charge in [0.15, 0.2) is 0 Å². The molecule has 0 N–H and O–H groups in total. The van der Waals surface area contributed by atoms with Gasteiger partial charge in [-0.25, -0.2) is 0 Å². The standard InChI is InChI=1S/C5H6O/c1-5-3-2-4-6-5/h2-3H,1,4H2. The highest BCUT2D eigenvalue weighted by atomic mass is 16.5. The normalized spacial score (nSPS) is 18.3. The minimum absolute atomic E-state index is 0.707. The summed E-state index contributed by atoms with van der Waals surface area (Å²) in [5, 5.41) is 0. The molecule has 1 nitrogen and oxygen atoms in total. The molecule has 0 aromatic carbocycles. The van der Waals surface area contributed by atoms with Gasteiger partial charge in [0, 0.05) is 0 Å². The zero-order valence-corrected chi connectivity index (χ0v) is 3.48. The molecule has 0 atom stereocenters. The van der Waals surface area contributed by atoms with E-state index in [4.69, 9.17) is 4.74 Å². The van der Waals surface area contributed by atoms with Crippen LogP contribution in [0.1, 0.15) is 0 Å². The van der Waals surface area contributed by atoms with Gasteiger partial charge in [0.1, 0.15) is 12.4 Å². The quantitative estimate of drug-likeness (QED) is 0.425. The summed E-state index contributed by atoms with van der Waals surface area (Å²) in [6.45, 7) is 4.25. The first kappa shape index (κ1) is 3.47. The average Bonchev–Trinajstić information content (AvgIpc) is 1.86. The van der Waals surface area contributed by atoms with E-state index in [-0.39, 0.29) is 0 Å². The maximum absolute atomic E-state index is 4.85. The second-order valence-corrected chi connectivity index (χ2v) is 1.18. The summed E-state index contributed by atoms with van der Waals surface area (Å²) in [4.78, 5) is 0. The van der Waals surface area contributed by atoms with Gasteiger partial charge < -0.3 is 4.74 Å². The molecule has 0 unspecified atom stereocenters. The maximum Gasteiger partial charge on any atom is 0.112 e. The van der Waals surface area contributed by atoms with Crippen molar-refractivity contribution in [2.24, 2.45) is 0 Å². The molecule has 1 heteroatoms. The summed E-state index contributed by atoms with van der Waals surface area (Å²) in [6, 6.07) is 0. The van der Waals surface area contributed by atoms with Crippen LogP contribution in [0.3, 0.4) is 0 Å². The van der Waals surface area contributed by atoms with Crippen molar-refractivity contribution in [2.75, 3.05) is 6.61 Å². The predicted molar refractivity (Wildman–Crippen MR) is 24.2 cm³/mol. The van der Waals surface area contributed by atoms with Crippen LogP contribution >= 0.6 is 0 Å². The highest BCUT2D eigenvalue weighted by molar-refractivity contribution is 5.12. The smallest absolute Gasteiger partial charge is 0.112 e.